The minimum Gasteiger partial charge on any atom is -0.348 e. The van der Waals surface area contributed by atoms with Crippen LogP contribution < -0.4 is 5.32 Å². The smallest absolute Gasteiger partial charge is 0.256 e. The lowest BCUT2D eigenvalue weighted by atomic mass is 10.2. The summed E-state index contributed by atoms with van der Waals surface area (Å²) >= 11 is 0. The molecule has 0 aliphatic heterocycles. The van der Waals surface area contributed by atoms with Crippen molar-refractivity contribution in [2.75, 3.05) is 0 Å². The summed E-state index contributed by atoms with van der Waals surface area (Å²) in [6.45, 7) is 2.52. The fraction of sp³-hybridized carbons (Fsp3) is 0.0909. The van der Waals surface area contributed by atoms with Gasteiger partial charge in [0.1, 0.15) is 5.56 Å². The van der Waals surface area contributed by atoms with Crippen LogP contribution in [0.5, 0.6) is 0 Å². The molecule has 2 aromatic carbocycles. The van der Waals surface area contributed by atoms with Gasteiger partial charge >= 0.3 is 0 Å². The Morgan fingerprint density at radius 1 is 0.963 bits per heavy atom. The van der Waals surface area contributed by atoms with Crippen LogP contribution in [0.15, 0.2) is 85.3 Å². The average Bonchev–Trinajstić information content (AvgIpc) is 3.37. The van der Waals surface area contributed by atoms with Gasteiger partial charge in [-0.25, -0.2) is 4.68 Å². The van der Waals surface area contributed by atoms with E-state index in [4.69, 9.17) is 0 Å². The molecule has 2 heterocycles. The van der Waals surface area contributed by atoms with Gasteiger partial charge in [0, 0.05) is 18.9 Å². The predicted octanol–water partition coefficient (Wildman–Crippen LogP) is 3.90. The minimum atomic E-state index is -0.152. The Kier molecular flexibility index (Phi) is 4.58. The molecule has 134 valence electrons. The van der Waals surface area contributed by atoms with Crippen molar-refractivity contribution in [1.29, 1.82) is 0 Å². The molecule has 1 amide bonds. The zero-order valence-electron chi connectivity index (χ0n) is 15.0. The number of hydrogen-bond donors (Lipinski definition) is 1. The Morgan fingerprint density at radius 3 is 2.37 bits per heavy atom. The number of amides is 1. The van der Waals surface area contributed by atoms with E-state index < -0.39 is 0 Å². The normalized spacial score (nSPS) is 10.7. The SMILES string of the molecule is Cc1ccc(-n2ncc(C(=O)NCc3ccccc3)c2-n2cccc2)cc1. The van der Waals surface area contributed by atoms with E-state index in [1.165, 1.54) is 5.56 Å². The molecule has 0 unspecified atom stereocenters. The number of carbonyl (C=O) groups is 1. The molecule has 0 bridgehead atoms. The first-order chi connectivity index (χ1) is 13.2. The largest absolute Gasteiger partial charge is 0.348 e. The number of benzene rings is 2. The van der Waals surface area contributed by atoms with Crippen molar-refractivity contribution >= 4 is 5.91 Å². The summed E-state index contributed by atoms with van der Waals surface area (Å²) in [6, 6.07) is 21.8. The lowest BCUT2D eigenvalue weighted by Gasteiger charge is -2.11. The average molecular weight is 356 g/mol. The molecule has 5 heteroatoms. The van der Waals surface area contributed by atoms with Crippen LogP contribution in [0.1, 0.15) is 21.5 Å². The highest BCUT2D eigenvalue weighted by Crippen LogP contribution is 2.20. The standard InChI is InChI=1S/C22H20N4O/c1-17-9-11-19(12-10-17)26-22(25-13-5-6-14-25)20(16-24-26)21(27)23-15-18-7-3-2-4-8-18/h2-14,16H,15H2,1H3,(H,23,27). The van der Waals surface area contributed by atoms with Crippen LogP contribution in [-0.4, -0.2) is 20.3 Å². The second-order valence-corrected chi connectivity index (χ2v) is 6.39. The van der Waals surface area contributed by atoms with Gasteiger partial charge in [0.2, 0.25) is 0 Å². The van der Waals surface area contributed by atoms with Gasteiger partial charge in [-0.2, -0.15) is 5.10 Å². The molecule has 0 aliphatic rings. The number of carbonyl (C=O) groups excluding carboxylic acids is 1. The summed E-state index contributed by atoms with van der Waals surface area (Å²) in [4.78, 5) is 12.9. The van der Waals surface area contributed by atoms with Gasteiger partial charge in [-0.15, -0.1) is 0 Å². The van der Waals surface area contributed by atoms with Crippen molar-refractivity contribution in [3.8, 4) is 11.5 Å². The van der Waals surface area contributed by atoms with Gasteiger partial charge in [-0.05, 0) is 36.8 Å². The highest BCUT2D eigenvalue weighted by atomic mass is 16.1. The van der Waals surface area contributed by atoms with Gasteiger partial charge in [-0.1, -0.05) is 48.0 Å². The molecular formula is C22H20N4O. The van der Waals surface area contributed by atoms with Crippen LogP contribution >= 0.6 is 0 Å². The van der Waals surface area contributed by atoms with E-state index in [1.807, 2.05) is 90.6 Å². The molecule has 4 aromatic rings. The summed E-state index contributed by atoms with van der Waals surface area (Å²) in [5.74, 6) is 0.565. The highest BCUT2D eigenvalue weighted by Gasteiger charge is 2.19. The second kappa shape index (κ2) is 7.33. The molecule has 0 saturated carbocycles. The third-order valence-electron chi connectivity index (χ3n) is 4.41. The van der Waals surface area contributed by atoms with E-state index in [9.17, 15) is 4.79 Å². The molecule has 4 rings (SSSR count). The molecule has 2 aromatic heterocycles. The van der Waals surface area contributed by atoms with E-state index in [2.05, 4.69) is 10.4 Å². The first-order valence-corrected chi connectivity index (χ1v) is 8.83. The van der Waals surface area contributed by atoms with Gasteiger partial charge in [0.15, 0.2) is 5.82 Å². The Hall–Kier alpha value is -3.60. The van der Waals surface area contributed by atoms with Crippen LogP contribution in [0.2, 0.25) is 0 Å². The predicted molar refractivity (Wildman–Crippen MR) is 105 cm³/mol. The lowest BCUT2D eigenvalue weighted by molar-refractivity contribution is 0.0951. The van der Waals surface area contributed by atoms with E-state index in [0.29, 0.717) is 12.1 Å². The number of hydrogen-bond acceptors (Lipinski definition) is 2. The molecule has 0 aliphatic carbocycles. The molecule has 27 heavy (non-hydrogen) atoms. The van der Waals surface area contributed by atoms with Crippen LogP contribution in [0.4, 0.5) is 0 Å². The molecule has 0 saturated heterocycles. The van der Waals surface area contributed by atoms with Crippen molar-refractivity contribution in [3.63, 3.8) is 0 Å². The van der Waals surface area contributed by atoms with Crippen LogP contribution in [0, 0.1) is 6.92 Å². The number of aromatic nitrogens is 3. The van der Waals surface area contributed by atoms with Gasteiger partial charge in [0.25, 0.3) is 5.91 Å². The van der Waals surface area contributed by atoms with E-state index in [0.717, 1.165) is 17.1 Å². The zero-order valence-corrected chi connectivity index (χ0v) is 15.0. The quantitative estimate of drug-likeness (QED) is 0.590. The van der Waals surface area contributed by atoms with Crippen molar-refractivity contribution in [2.24, 2.45) is 0 Å². The number of rotatable bonds is 5. The van der Waals surface area contributed by atoms with Crippen LogP contribution in [0.25, 0.3) is 11.5 Å². The van der Waals surface area contributed by atoms with Crippen molar-refractivity contribution in [2.45, 2.75) is 13.5 Å². The maximum atomic E-state index is 12.9. The summed E-state index contributed by atoms with van der Waals surface area (Å²) < 4.78 is 3.70. The van der Waals surface area contributed by atoms with E-state index in [-0.39, 0.29) is 5.91 Å². The highest BCUT2D eigenvalue weighted by molar-refractivity contribution is 5.97. The van der Waals surface area contributed by atoms with Crippen molar-refractivity contribution in [1.82, 2.24) is 19.7 Å². The van der Waals surface area contributed by atoms with Crippen molar-refractivity contribution < 1.29 is 4.79 Å². The first kappa shape index (κ1) is 16.8. The molecule has 0 spiro atoms. The molecular weight excluding hydrogens is 336 g/mol. The number of aryl methyl sites for hydroxylation is 1. The Morgan fingerprint density at radius 2 is 1.67 bits per heavy atom. The minimum absolute atomic E-state index is 0.152. The first-order valence-electron chi connectivity index (χ1n) is 8.83. The van der Waals surface area contributed by atoms with Crippen molar-refractivity contribution in [3.05, 3.63) is 102 Å². The molecule has 0 atom stereocenters. The number of nitrogens with zero attached hydrogens (tertiary/aromatic N) is 3. The monoisotopic (exact) mass is 356 g/mol. The fourth-order valence-electron chi connectivity index (χ4n) is 2.97. The lowest BCUT2D eigenvalue weighted by Crippen LogP contribution is -2.24. The number of nitrogens with one attached hydrogen (secondary N) is 1. The molecule has 0 radical (unpaired) electrons. The van der Waals surface area contributed by atoms with Gasteiger partial charge < -0.3 is 9.88 Å². The Balaban J connectivity index is 1.68. The third-order valence-corrected chi connectivity index (χ3v) is 4.41. The molecule has 5 nitrogen and oxygen atoms in total. The van der Waals surface area contributed by atoms with Crippen LogP contribution in [0.3, 0.4) is 0 Å². The summed E-state index contributed by atoms with van der Waals surface area (Å²) in [7, 11) is 0. The zero-order chi connectivity index (χ0) is 18.6. The fourth-order valence-corrected chi connectivity index (χ4v) is 2.97. The van der Waals surface area contributed by atoms with Crippen LogP contribution in [-0.2, 0) is 6.54 Å². The Labute approximate surface area is 157 Å². The third kappa shape index (κ3) is 3.53. The molecule has 0 fully saturated rings. The summed E-state index contributed by atoms with van der Waals surface area (Å²) in [5, 5.41) is 7.47. The Bertz CT molecular complexity index is 1030. The van der Waals surface area contributed by atoms with Gasteiger partial charge in [0.05, 0.1) is 11.9 Å². The second-order valence-electron chi connectivity index (χ2n) is 6.39. The summed E-state index contributed by atoms with van der Waals surface area (Å²) in [5.41, 5.74) is 3.67. The maximum absolute atomic E-state index is 12.9. The topological polar surface area (TPSA) is 51.9 Å². The van der Waals surface area contributed by atoms with E-state index in [1.54, 1.807) is 10.9 Å². The van der Waals surface area contributed by atoms with E-state index >= 15 is 0 Å². The maximum Gasteiger partial charge on any atom is 0.256 e. The summed E-state index contributed by atoms with van der Waals surface area (Å²) in [6.07, 6.45) is 5.45. The molecule has 1 N–H and O–H groups in total. The van der Waals surface area contributed by atoms with Gasteiger partial charge in [-0.3, -0.25) is 4.79 Å².